The van der Waals surface area contributed by atoms with Crippen LogP contribution < -0.4 is 5.32 Å². The summed E-state index contributed by atoms with van der Waals surface area (Å²) in [6.07, 6.45) is 3.11. The number of furan rings is 1. The van der Waals surface area contributed by atoms with E-state index in [2.05, 4.69) is 15.5 Å². The van der Waals surface area contributed by atoms with E-state index in [1.807, 2.05) is 6.07 Å². The molecule has 0 aliphatic rings. The van der Waals surface area contributed by atoms with Crippen LogP contribution in [0.15, 0.2) is 52.5 Å². The molecule has 0 bridgehead atoms. The van der Waals surface area contributed by atoms with Crippen molar-refractivity contribution >= 4 is 23.4 Å². The van der Waals surface area contributed by atoms with E-state index in [0.717, 1.165) is 11.8 Å². The Bertz CT molecular complexity index is 867. The molecule has 0 radical (unpaired) electrons. The van der Waals surface area contributed by atoms with Crippen LogP contribution in [0.4, 0.5) is 14.5 Å². The van der Waals surface area contributed by atoms with Gasteiger partial charge in [-0.25, -0.2) is 8.78 Å². The molecule has 0 saturated carbocycles. The van der Waals surface area contributed by atoms with Gasteiger partial charge in [-0.1, -0.05) is 11.8 Å². The average molecular weight is 364 g/mol. The lowest BCUT2D eigenvalue weighted by Gasteiger charge is -2.12. The van der Waals surface area contributed by atoms with Crippen molar-refractivity contribution in [3.63, 3.8) is 0 Å². The minimum absolute atomic E-state index is 0.0732. The van der Waals surface area contributed by atoms with Gasteiger partial charge in [-0.3, -0.25) is 4.79 Å². The zero-order valence-corrected chi connectivity index (χ0v) is 14.0. The number of nitrogens with zero attached hydrogens (tertiary/aromatic N) is 3. The summed E-state index contributed by atoms with van der Waals surface area (Å²) < 4.78 is 33.6. The van der Waals surface area contributed by atoms with E-state index in [0.29, 0.717) is 17.8 Å². The zero-order valence-electron chi connectivity index (χ0n) is 13.1. The van der Waals surface area contributed by atoms with Crippen LogP contribution in [0, 0.1) is 11.6 Å². The molecule has 2 heterocycles. The van der Waals surface area contributed by atoms with Crippen LogP contribution in [-0.4, -0.2) is 25.9 Å². The second kappa shape index (κ2) is 7.47. The molecule has 1 atom stereocenters. The van der Waals surface area contributed by atoms with Gasteiger partial charge in [0.1, 0.15) is 23.7 Å². The standard InChI is InChI=1S/C16H14F2N4O2S/c1-10(15(23)20-14-5-4-11(17)7-13(14)18)25-16-21-19-9-22(16)8-12-3-2-6-24-12/h2-7,9-10H,8H2,1H3,(H,20,23). The molecule has 1 N–H and O–H groups in total. The van der Waals surface area contributed by atoms with E-state index in [-0.39, 0.29) is 5.69 Å². The van der Waals surface area contributed by atoms with Crippen LogP contribution in [0.25, 0.3) is 0 Å². The van der Waals surface area contributed by atoms with Gasteiger partial charge in [0.15, 0.2) is 5.16 Å². The van der Waals surface area contributed by atoms with Gasteiger partial charge >= 0.3 is 0 Å². The normalized spacial score (nSPS) is 12.1. The first-order valence-corrected chi connectivity index (χ1v) is 8.23. The first kappa shape index (κ1) is 17.2. The van der Waals surface area contributed by atoms with Gasteiger partial charge in [0.05, 0.1) is 23.7 Å². The van der Waals surface area contributed by atoms with Crippen molar-refractivity contribution in [1.29, 1.82) is 0 Å². The first-order chi connectivity index (χ1) is 12.0. The molecule has 0 saturated heterocycles. The molecular weight excluding hydrogens is 350 g/mol. The predicted octanol–water partition coefficient (Wildman–Crippen LogP) is 3.32. The number of carbonyl (C=O) groups is 1. The monoisotopic (exact) mass is 364 g/mol. The fourth-order valence-corrected chi connectivity index (χ4v) is 2.87. The highest BCUT2D eigenvalue weighted by Gasteiger charge is 2.19. The number of carbonyl (C=O) groups excluding carboxylic acids is 1. The largest absolute Gasteiger partial charge is 0.467 e. The molecule has 3 aromatic rings. The molecule has 0 fully saturated rings. The number of aromatic nitrogens is 3. The van der Waals surface area contributed by atoms with Gasteiger partial charge < -0.3 is 14.3 Å². The van der Waals surface area contributed by atoms with Gasteiger partial charge in [-0.05, 0) is 31.2 Å². The zero-order chi connectivity index (χ0) is 17.8. The summed E-state index contributed by atoms with van der Waals surface area (Å²) in [5, 5.41) is 10.2. The van der Waals surface area contributed by atoms with Crippen molar-refractivity contribution < 1.29 is 18.0 Å². The number of hydrogen-bond donors (Lipinski definition) is 1. The summed E-state index contributed by atoms with van der Waals surface area (Å²) in [6.45, 7) is 2.09. The number of benzene rings is 1. The number of anilines is 1. The maximum Gasteiger partial charge on any atom is 0.237 e. The van der Waals surface area contributed by atoms with Crippen molar-refractivity contribution in [1.82, 2.24) is 14.8 Å². The maximum absolute atomic E-state index is 13.6. The summed E-state index contributed by atoms with van der Waals surface area (Å²) in [5.74, 6) is -1.23. The number of amides is 1. The Morgan fingerprint density at radius 1 is 1.40 bits per heavy atom. The van der Waals surface area contributed by atoms with E-state index in [9.17, 15) is 13.6 Å². The van der Waals surface area contributed by atoms with Gasteiger partial charge in [-0.15, -0.1) is 10.2 Å². The predicted molar refractivity (Wildman–Crippen MR) is 88.1 cm³/mol. The van der Waals surface area contributed by atoms with Crippen LogP contribution in [0.1, 0.15) is 12.7 Å². The smallest absolute Gasteiger partial charge is 0.237 e. The molecule has 0 aliphatic heterocycles. The molecule has 1 aromatic carbocycles. The lowest BCUT2D eigenvalue weighted by Crippen LogP contribution is -2.23. The fourth-order valence-electron chi connectivity index (χ4n) is 2.05. The topological polar surface area (TPSA) is 73.0 Å². The highest BCUT2D eigenvalue weighted by molar-refractivity contribution is 8.00. The highest BCUT2D eigenvalue weighted by atomic mass is 32.2. The van der Waals surface area contributed by atoms with Crippen molar-refractivity contribution in [2.75, 3.05) is 5.32 Å². The Labute approximate surface area is 146 Å². The summed E-state index contributed by atoms with van der Waals surface area (Å²) in [5.41, 5.74) is -0.0732. The Morgan fingerprint density at radius 2 is 2.24 bits per heavy atom. The molecule has 3 rings (SSSR count). The molecule has 0 spiro atoms. The van der Waals surface area contributed by atoms with Gasteiger partial charge in [0.2, 0.25) is 5.91 Å². The Balaban J connectivity index is 1.65. The van der Waals surface area contributed by atoms with Crippen molar-refractivity contribution in [3.05, 3.63) is 60.3 Å². The Morgan fingerprint density at radius 3 is 2.96 bits per heavy atom. The quantitative estimate of drug-likeness (QED) is 0.680. The van der Waals surface area contributed by atoms with Crippen molar-refractivity contribution in [3.8, 4) is 0 Å². The number of hydrogen-bond acceptors (Lipinski definition) is 5. The highest BCUT2D eigenvalue weighted by Crippen LogP contribution is 2.24. The lowest BCUT2D eigenvalue weighted by atomic mass is 10.3. The number of nitrogens with one attached hydrogen (secondary N) is 1. The van der Waals surface area contributed by atoms with Gasteiger partial charge in [0.25, 0.3) is 0 Å². The summed E-state index contributed by atoms with van der Waals surface area (Å²) in [4.78, 5) is 12.2. The molecular formula is C16H14F2N4O2S. The Hall–Kier alpha value is -2.68. The van der Waals surface area contributed by atoms with Crippen LogP contribution in [0.2, 0.25) is 0 Å². The van der Waals surface area contributed by atoms with E-state index < -0.39 is 22.8 Å². The third-order valence-corrected chi connectivity index (χ3v) is 4.42. The van der Waals surface area contributed by atoms with Crippen LogP contribution in [-0.2, 0) is 11.3 Å². The van der Waals surface area contributed by atoms with Gasteiger partial charge in [0, 0.05) is 6.07 Å². The number of rotatable bonds is 6. The molecule has 1 amide bonds. The number of halogens is 2. The fraction of sp³-hybridized carbons (Fsp3) is 0.188. The summed E-state index contributed by atoms with van der Waals surface area (Å²) >= 11 is 1.17. The second-order valence-electron chi connectivity index (χ2n) is 5.19. The maximum atomic E-state index is 13.6. The van der Waals surface area contributed by atoms with E-state index in [4.69, 9.17) is 4.42 Å². The molecule has 130 valence electrons. The third kappa shape index (κ3) is 4.24. The van der Waals surface area contributed by atoms with Crippen LogP contribution in [0.3, 0.4) is 0 Å². The summed E-state index contributed by atoms with van der Waals surface area (Å²) in [7, 11) is 0. The second-order valence-corrected chi connectivity index (χ2v) is 6.50. The molecule has 0 aliphatic carbocycles. The molecule has 6 nitrogen and oxygen atoms in total. The van der Waals surface area contributed by atoms with Crippen LogP contribution in [0.5, 0.6) is 0 Å². The van der Waals surface area contributed by atoms with Crippen LogP contribution >= 0.6 is 11.8 Å². The third-order valence-electron chi connectivity index (χ3n) is 3.33. The minimum atomic E-state index is -0.827. The SMILES string of the molecule is CC(Sc1nncn1Cc1ccco1)C(=O)Nc1ccc(F)cc1F. The van der Waals surface area contributed by atoms with Gasteiger partial charge in [-0.2, -0.15) is 0 Å². The van der Waals surface area contributed by atoms with E-state index in [1.54, 1.807) is 23.8 Å². The number of thioether (sulfide) groups is 1. The van der Waals surface area contributed by atoms with E-state index in [1.165, 1.54) is 24.2 Å². The molecule has 1 unspecified atom stereocenters. The molecule has 2 aromatic heterocycles. The van der Waals surface area contributed by atoms with Crippen molar-refractivity contribution in [2.24, 2.45) is 0 Å². The van der Waals surface area contributed by atoms with Crippen molar-refractivity contribution in [2.45, 2.75) is 23.9 Å². The first-order valence-electron chi connectivity index (χ1n) is 7.35. The summed E-state index contributed by atoms with van der Waals surface area (Å²) in [6, 6.07) is 6.57. The average Bonchev–Trinajstić information content (AvgIpc) is 3.23. The Kier molecular flexibility index (Phi) is 5.13. The minimum Gasteiger partial charge on any atom is -0.467 e. The lowest BCUT2D eigenvalue weighted by molar-refractivity contribution is -0.115. The van der Waals surface area contributed by atoms with E-state index >= 15 is 0 Å². The molecule has 25 heavy (non-hydrogen) atoms. The molecule has 9 heteroatoms.